The smallest absolute Gasteiger partial charge is 0.274 e. The Balaban J connectivity index is 1.54. The van der Waals surface area contributed by atoms with Crippen molar-refractivity contribution in [1.29, 1.82) is 0 Å². The van der Waals surface area contributed by atoms with Crippen LogP contribution in [0.4, 0.5) is 5.82 Å². The molecule has 1 aliphatic heterocycles. The molecule has 0 aliphatic carbocycles. The molecule has 0 fully saturated rings. The van der Waals surface area contributed by atoms with E-state index >= 15 is 0 Å². The van der Waals surface area contributed by atoms with Gasteiger partial charge in [0.2, 0.25) is 5.88 Å². The van der Waals surface area contributed by atoms with Crippen LogP contribution in [0.5, 0.6) is 5.88 Å². The number of methoxy groups -OCH3 is 1. The van der Waals surface area contributed by atoms with Crippen molar-refractivity contribution in [2.45, 2.75) is 40.7 Å². The molecule has 168 valence electrons. The van der Waals surface area contributed by atoms with Crippen LogP contribution in [0.3, 0.4) is 0 Å². The van der Waals surface area contributed by atoms with E-state index in [4.69, 9.17) is 14.8 Å². The molecular weight excluding hydrogens is 416 g/mol. The summed E-state index contributed by atoms with van der Waals surface area (Å²) in [6.45, 7) is 9.38. The highest BCUT2D eigenvalue weighted by molar-refractivity contribution is 5.67. The number of hydrogen-bond acceptors (Lipinski definition) is 7. The first kappa shape index (κ1) is 21.1. The standard InChI is InChI=1S/C25H26N6O2/c1-14-8-22(33-5)27-12-20(14)18-10-19-13-30(7-6-21(19)26-11-18)25-17(4)16(3)24-28-15(2)9-23(32)31(24)29-25/h8-12H,6-7,13H2,1-5H3. The minimum atomic E-state index is -0.161. The molecule has 0 saturated carbocycles. The molecule has 4 aromatic rings. The average Bonchev–Trinajstić information content (AvgIpc) is 2.81. The van der Waals surface area contributed by atoms with Gasteiger partial charge in [0.15, 0.2) is 11.5 Å². The maximum absolute atomic E-state index is 12.6. The fraction of sp³-hybridized carbons (Fsp3) is 0.320. The maximum atomic E-state index is 12.6. The van der Waals surface area contributed by atoms with Crippen molar-refractivity contribution in [2.75, 3.05) is 18.6 Å². The molecule has 0 saturated heterocycles. The van der Waals surface area contributed by atoms with E-state index in [0.29, 0.717) is 23.8 Å². The minimum Gasteiger partial charge on any atom is -0.481 e. The van der Waals surface area contributed by atoms with Crippen LogP contribution >= 0.6 is 0 Å². The zero-order valence-corrected chi connectivity index (χ0v) is 19.5. The molecule has 0 unspecified atom stereocenters. The van der Waals surface area contributed by atoms with Crippen molar-refractivity contribution in [1.82, 2.24) is 24.6 Å². The second-order valence-electron chi connectivity index (χ2n) is 8.59. The number of nitrogens with zero attached hydrogens (tertiary/aromatic N) is 6. The van der Waals surface area contributed by atoms with Gasteiger partial charge in [0.1, 0.15) is 0 Å². The normalized spacial score (nSPS) is 13.3. The average molecular weight is 443 g/mol. The van der Waals surface area contributed by atoms with Gasteiger partial charge < -0.3 is 9.64 Å². The summed E-state index contributed by atoms with van der Waals surface area (Å²) in [7, 11) is 1.62. The Bertz CT molecular complexity index is 1460. The van der Waals surface area contributed by atoms with Crippen LogP contribution in [0.2, 0.25) is 0 Å². The third-order valence-corrected chi connectivity index (χ3v) is 6.40. The quantitative estimate of drug-likeness (QED) is 0.481. The zero-order valence-electron chi connectivity index (χ0n) is 19.5. The minimum absolute atomic E-state index is 0.161. The molecule has 0 amide bonds. The van der Waals surface area contributed by atoms with Gasteiger partial charge in [-0.2, -0.15) is 4.52 Å². The molecule has 8 heteroatoms. The van der Waals surface area contributed by atoms with Gasteiger partial charge in [0, 0.05) is 77.7 Å². The maximum Gasteiger partial charge on any atom is 0.274 e. The Morgan fingerprint density at radius 3 is 2.58 bits per heavy atom. The summed E-state index contributed by atoms with van der Waals surface area (Å²) >= 11 is 0. The number of rotatable bonds is 3. The molecule has 33 heavy (non-hydrogen) atoms. The fourth-order valence-corrected chi connectivity index (χ4v) is 4.43. The first-order chi connectivity index (χ1) is 15.9. The van der Waals surface area contributed by atoms with Gasteiger partial charge in [-0.1, -0.05) is 0 Å². The summed E-state index contributed by atoms with van der Waals surface area (Å²) in [6.07, 6.45) is 4.56. The van der Waals surface area contributed by atoms with E-state index in [0.717, 1.165) is 57.9 Å². The lowest BCUT2D eigenvalue weighted by atomic mass is 9.98. The van der Waals surface area contributed by atoms with Crippen LogP contribution in [0.25, 0.3) is 16.8 Å². The number of ether oxygens (including phenoxy) is 1. The van der Waals surface area contributed by atoms with Crippen molar-refractivity contribution in [3.05, 3.63) is 74.6 Å². The SMILES string of the molecule is COc1cc(C)c(-c2cnc3c(c2)CN(c2nn4c(=O)cc(C)nc4c(C)c2C)CC3)cn1. The van der Waals surface area contributed by atoms with Gasteiger partial charge in [-0.15, -0.1) is 5.10 Å². The Kier molecular flexibility index (Phi) is 5.08. The van der Waals surface area contributed by atoms with E-state index in [1.807, 2.05) is 46.2 Å². The van der Waals surface area contributed by atoms with Crippen molar-refractivity contribution in [2.24, 2.45) is 0 Å². The number of hydrogen-bond donors (Lipinski definition) is 0. The number of fused-ring (bicyclic) bond motifs is 2. The van der Waals surface area contributed by atoms with Crippen LogP contribution in [-0.2, 0) is 13.0 Å². The molecule has 1 aliphatic rings. The van der Waals surface area contributed by atoms with Crippen LogP contribution < -0.4 is 15.2 Å². The first-order valence-electron chi connectivity index (χ1n) is 11.0. The summed E-state index contributed by atoms with van der Waals surface area (Å²) in [5.41, 5.74) is 8.56. The summed E-state index contributed by atoms with van der Waals surface area (Å²) in [5.74, 6) is 1.41. The van der Waals surface area contributed by atoms with E-state index in [2.05, 4.69) is 20.9 Å². The molecule has 0 spiro atoms. The molecule has 0 atom stereocenters. The summed E-state index contributed by atoms with van der Waals surface area (Å²) < 4.78 is 6.65. The highest BCUT2D eigenvalue weighted by Crippen LogP contribution is 2.31. The van der Waals surface area contributed by atoms with Gasteiger partial charge >= 0.3 is 0 Å². The molecule has 5 heterocycles. The Morgan fingerprint density at radius 1 is 1.00 bits per heavy atom. The van der Waals surface area contributed by atoms with Crippen molar-refractivity contribution >= 4 is 11.5 Å². The molecule has 8 nitrogen and oxygen atoms in total. The molecule has 0 radical (unpaired) electrons. The zero-order chi connectivity index (χ0) is 23.3. The van der Waals surface area contributed by atoms with Gasteiger partial charge in [-0.05, 0) is 44.9 Å². The van der Waals surface area contributed by atoms with Crippen LogP contribution in [0.15, 0.2) is 35.4 Å². The first-order valence-corrected chi connectivity index (χ1v) is 11.0. The van der Waals surface area contributed by atoms with Gasteiger partial charge in [-0.25, -0.2) is 9.97 Å². The molecular formula is C25H26N6O2. The van der Waals surface area contributed by atoms with Gasteiger partial charge in [0.25, 0.3) is 5.56 Å². The van der Waals surface area contributed by atoms with E-state index < -0.39 is 0 Å². The van der Waals surface area contributed by atoms with E-state index in [-0.39, 0.29) is 5.56 Å². The lowest BCUT2D eigenvalue weighted by Crippen LogP contribution is -2.34. The Labute approximate surface area is 191 Å². The van der Waals surface area contributed by atoms with Crippen molar-refractivity contribution < 1.29 is 4.74 Å². The van der Waals surface area contributed by atoms with Crippen molar-refractivity contribution in [3.63, 3.8) is 0 Å². The predicted octanol–water partition coefficient (Wildman–Crippen LogP) is 3.35. The lowest BCUT2D eigenvalue weighted by molar-refractivity contribution is 0.397. The fourth-order valence-electron chi connectivity index (χ4n) is 4.43. The second-order valence-corrected chi connectivity index (χ2v) is 8.59. The summed E-state index contributed by atoms with van der Waals surface area (Å²) in [5, 5.41) is 4.71. The summed E-state index contributed by atoms with van der Waals surface area (Å²) in [4.78, 5) is 28.5. The predicted molar refractivity (Wildman–Crippen MR) is 127 cm³/mol. The molecule has 0 N–H and O–H groups in total. The second kappa shape index (κ2) is 7.95. The Morgan fingerprint density at radius 2 is 1.82 bits per heavy atom. The highest BCUT2D eigenvalue weighted by atomic mass is 16.5. The number of aromatic nitrogens is 5. The van der Waals surface area contributed by atoms with E-state index in [1.165, 1.54) is 10.6 Å². The van der Waals surface area contributed by atoms with E-state index in [9.17, 15) is 4.79 Å². The third-order valence-electron chi connectivity index (χ3n) is 6.40. The van der Waals surface area contributed by atoms with Gasteiger partial charge in [-0.3, -0.25) is 9.78 Å². The molecule has 0 aromatic carbocycles. The van der Waals surface area contributed by atoms with Crippen LogP contribution in [-0.4, -0.2) is 38.2 Å². The largest absolute Gasteiger partial charge is 0.481 e. The van der Waals surface area contributed by atoms with E-state index in [1.54, 1.807) is 7.11 Å². The van der Waals surface area contributed by atoms with Gasteiger partial charge in [0.05, 0.1) is 7.11 Å². The third kappa shape index (κ3) is 3.61. The highest BCUT2D eigenvalue weighted by Gasteiger charge is 2.23. The lowest BCUT2D eigenvalue weighted by Gasteiger charge is -2.31. The number of anilines is 1. The van der Waals surface area contributed by atoms with Crippen LogP contribution in [0, 0.1) is 27.7 Å². The molecule has 0 bridgehead atoms. The molecule has 5 rings (SSSR count). The summed E-state index contributed by atoms with van der Waals surface area (Å²) in [6, 6.07) is 5.64. The van der Waals surface area contributed by atoms with Crippen LogP contribution in [0.1, 0.15) is 33.6 Å². The Hall–Kier alpha value is -3.81. The topological polar surface area (TPSA) is 85.5 Å². The number of aryl methyl sites for hydroxylation is 3. The molecule has 4 aromatic heterocycles. The van der Waals surface area contributed by atoms with Crippen molar-refractivity contribution in [3.8, 4) is 17.0 Å². The number of pyridine rings is 2. The monoisotopic (exact) mass is 442 g/mol.